The van der Waals surface area contributed by atoms with E-state index in [0.717, 1.165) is 29.6 Å². The Bertz CT molecular complexity index is 312. The average Bonchev–Trinajstić information content (AvgIpc) is 2.85. The van der Waals surface area contributed by atoms with Gasteiger partial charge in [-0.15, -0.1) is 5.10 Å². The normalized spacial score (nSPS) is 11.1. The largest absolute Gasteiger partial charge is 0.262 e. The number of hydrogen-bond donors (Lipinski definition) is 1. The number of aromatic nitrogens is 3. The maximum atomic E-state index is 4.46. The van der Waals surface area contributed by atoms with E-state index in [9.17, 15) is 0 Å². The highest BCUT2D eigenvalue weighted by Crippen LogP contribution is 2.16. The molecule has 0 amide bonds. The van der Waals surface area contributed by atoms with Crippen LogP contribution in [0.2, 0.25) is 0 Å². The minimum atomic E-state index is 0.923. The van der Waals surface area contributed by atoms with Crippen LogP contribution in [0.25, 0.3) is 0 Å². The molecule has 0 atom stereocenters. The van der Waals surface area contributed by atoms with Crippen LogP contribution in [-0.4, -0.2) is 20.9 Å². The van der Waals surface area contributed by atoms with Gasteiger partial charge >= 0.3 is 0 Å². The third kappa shape index (κ3) is 8.30. The Hall–Kier alpha value is -0.510. The van der Waals surface area contributed by atoms with Crippen LogP contribution < -0.4 is 0 Å². The van der Waals surface area contributed by atoms with Gasteiger partial charge in [0.15, 0.2) is 0 Å². The SMILES string of the molecule is CCCCCCCCCCSc1n[nH]c(CCC)n1. The van der Waals surface area contributed by atoms with Gasteiger partial charge in [0.2, 0.25) is 5.16 Å². The summed E-state index contributed by atoms with van der Waals surface area (Å²) in [7, 11) is 0. The second kappa shape index (κ2) is 11.3. The smallest absolute Gasteiger partial charge is 0.208 e. The minimum Gasteiger partial charge on any atom is -0.262 e. The van der Waals surface area contributed by atoms with Gasteiger partial charge in [-0.3, -0.25) is 5.10 Å². The first-order chi connectivity index (χ1) is 9.36. The summed E-state index contributed by atoms with van der Waals surface area (Å²) in [6.07, 6.45) is 13.1. The molecule has 0 aliphatic rings. The Kier molecular flexibility index (Phi) is 9.86. The molecule has 3 nitrogen and oxygen atoms in total. The topological polar surface area (TPSA) is 41.6 Å². The maximum Gasteiger partial charge on any atom is 0.208 e. The van der Waals surface area contributed by atoms with E-state index in [4.69, 9.17) is 0 Å². The molecule has 4 heteroatoms. The van der Waals surface area contributed by atoms with Crippen LogP contribution in [0.1, 0.15) is 77.5 Å². The molecule has 0 aliphatic carbocycles. The molecule has 1 rings (SSSR count). The summed E-state index contributed by atoms with van der Waals surface area (Å²) in [5.41, 5.74) is 0. The van der Waals surface area contributed by atoms with Gasteiger partial charge in [0.1, 0.15) is 5.82 Å². The van der Waals surface area contributed by atoms with E-state index in [1.807, 2.05) is 0 Å². The Labute approximate surface area is 122 Å². The van der Waals surface area contributed by atoms with Crippen molar-refractivity contribution >= 4 is 11.8 Å². The van der Waals surface area contributed by atoms with E-state index in [2.05, 4.69) is 29.0 Å². The van der Waals surface area contributed by atoms with Gasteiger partial charge < -0.3 is 0 Å². The molecule has 0 aliphatic heterocycles. The second-order valence-corrected chi connectivity index (χ2v) is 6.20. The fourth-order valence-electron chi connectivity index (χ4n) is 2.09. The van der Waals surface area contributed by atoms with Crippen molar-refractivity contribution in [2.24, 2.45) is 0 Å². The Balaban J connectivity index is 1.92. The first kappa shape index (κ1) is 16.5. The molecule has 0 fully saturated rings. The van der Waals surface area contributed by atoms with Crippen LogP contribution in [0.4, 0.5) is 0 Å². The summed E-state index contributed by atoms with van der Waals surface area (Å²) in [5, 5.41) is 8.16. The molecule has 0 saturated heterocycles. The first-order valence-electron chi connectivity index (χ1n) is 7.90. The van der Waals surface area contributed by atoms with Crippen LogP contribution >= 0.6 is 11.8 Å². The predicted molar refractivity (Wildman–Crippen MR) is 83.7 cm³/mol. The molecular formula is C15H29N3S. The Morgan fingerprint density at radius 3 is 2.26 bits per heavy atom. The molecule has 1 N–H and O–H groups in total. The van der Waals surface area contributed by atoms with E-state index in [0.29, 0.717) is 0 Å². The third-order valence-electron chi connectivity index (χ3n) is 3.23. The van der Waals surface area contributed by atoms with Crippen molar-refractivity contribution in [2.45, 2.75) is 83.2 Å². The zero-order valence-corrected chi connectivity index (χ0v) is 13.4. The molecule has 0 aromatic carbocycles. The van der Waals surface area contributed by atoms with Crippen LogP contribution in [0, 0.1) is 0 Å². The molecule has 0 spiro atoms. The highest BCUT2D eigenvalue weighted by atomic mass is 32.2. The van der Waals surface area contributed by atoms with E-state index in [1.54, 1.807) is 11.8 Å². The molecule has 0 radical (unpaired) electrons. The maximum absolute atomic E-state index is 4.46. The monoisotopic (exact) mass is 283 g/mol. The molecule has 0 unspecified atom stereocenters. The lowest BCUT2D eigenvalue weighted by molar-refractivity contribution is 0.586. The van der Waals surface area contributed by atoms with Crippen molar-refractivity contribution in [3.05, 3.63) is 5.82 Å². The summed E-state index contributed by atoms with van der Waals surface area (Å²) in [5.74, 6) is 2.18. The van der Waals surface area contributed by atoms with Crippen LogP contribution in [-0.2, 0) is 6.42 Å². The molecule has 1 heterocycles. The molecule has 110 valence electrons. The fourth-order valence-corrected chi connectivity index (χ4v) is 2.91. The van der Waals surface area contributed by atoms with Crippen molar-refractivity contribution in [2.75, 3.05) is 5.75 Å². The lowest BCUT2D eigenvalue weighted by Gasteiger charge is -2.00. The summed E-state index contributed by atoms with van der Waals surface area (Å²) in [6.45, 7) is 4.43. The molecule has 1 aromatic rings. The standard InChI is InChI=1S/C15H29N3S/c1-3-5-6-7-8-9-10-11-13-19-15-16-14(12-4-2)17-18-15/h3-13H2,1-2H3,(H,16,17,18). The van der Waals surface area contributed by atoms with E-state index >= 15 is 0 Å². The van der Waals surface area contributed by atoms with Gasteiger partial charge in [0.05, 0.1) is 0 Å². The lowest BCUT2D eigenvalue weighted by atomic mass is 10.1. The van der Waals surface area contributed by atoms with E-state index < -0.39 is 0 Å². The summed E-state index contributed by atoms with van der Waals surface area (Å²) in [4.78, 5) is 4.46. The first-order valence-corrected chi connectivity index (χ1v) is 8.89. The highest BCUT2D eigenvalue weighted by molar-refractivity contribution is 7.99. The van der Waals surface area contributed by atoms with E-state index in [-0.39, 0.29) is 0 Å². The zero-order valence-electron chi connectivity index (χ0n) is 12.6. The van der Waals surface area contributed by atoms with Gasteiger partial charge in [-0.25, -0.2) is 4.98 Å². The molecular weight excluding hydrogens is 254 g/mol. The number of unbranched alkanes of at least 4 members (excludes halogenated alkanes) is 7. The number of hydrogen-bond acceptors (Lipinski definition) is 3. The van der Waals surface area contributed by atoms with Gasteiger partial charge in [0, 0.05) is 12.2 Å². The summed E-state index contributed by atoms with van der Waals surface area (Å²) in [6, 6.07) is 0. The van der Waals surface area contributed by atoms with Gasteiger partial charge in [0.25, 0.3) is 0 Å². The van der Waals surface area contributed by atoms with Crippen molar-refractivity contribution in [1.29, 1.82) is 0 Å². The van der Waals surface area contributed by atoms with Crippen LogP contribution in [0.15, 0.2) is 5.16 Å². The number of thioether (sulfide) groups is 1. The predicted octanol–water partition coefficient (Wildman–Crippen LogP) is 4.99. The van der Waals surface area contributed by atoms with Gasteiger partial charge in [-0.2, -0.15) is 0 Å². The Morgan fingerprint density at radius 1 is 0.895 bits per heavy atom. The molecule has 19 heavy (non-hydrogen) atoms. The number of aromatic amines is 1. The summed E-state index contributed by atoms with van der Waals surface area (Å²) < 4.78 is 0. The number of nitrogens with zero attached hydrogens (tertiary/aromatic N) is 2. The zero-order chi connectivity index (χ0) is 13.8. The molecule has 1 aromatic heterocycles. The number of nitrogens with one attached hydrogen (secondary N) is 1. The van der Waals surface area contributed by atoms with Crippen LogP contribution in [0.3, 0.4) is 0 Å². The average molecular weight is 283 g/mol. The highest BCUT2D eigenvalue weighted by Gasteiger charge is 2.02. The van der Waals surface area contributed by atoms with Crippen molar-refractivity contribution in [1.82, 2.24) is 15.2 Å². The van der Waals surface area contributed by atoms with Crippen molar-refractivity contribution < 1.29 is 0 Å². The van der Waals surface area contributed by atoms with E-state index in [1.165, 1.54) is 51.4 Å². The van der Waals surface area contributed by atoms with Crippen molar-refractivity contribution in [3.63, 3.8) is 0 Å². The number of H-pyrrole nitrogens is 1. The Morgan fingerprint density at radius 2 is 1.58 bits per heavy atom. The fraction of sp³-hybridized carbons (Fsp3) is 0.867. The second-order valence-electron chi connectivity index (χ2n) is 5.14. The van der Waals surface area contributed by atoms with Crippen LogP contribution in [0.5, 0.6) is 0 Å². The van der Waals surface area contributed by atoms with Gasteiger partial charge in [-0.05, 0) is 12.8 Å². The number of rotatable bonds is 12. The third-order valence-corrected chi connectivity index (χ3v) is 4.16. The lowest BCUT2D eigenvalue weighted by Crippen LogP contribution is -1.86. The molecule has 0 bridgehead atoms. The van der Waals surface area contributed by atoms with Gasteiger partial charge in [-0.1, -0.05) is 70.6 Å². The van der Waals surface area contributed by atoms with Crippen molar-refractivity contribution in [3.8, 4) is 0 Å². The molecule has 0 saturated carbocycles. The quantitative estimate of drug-likeness (QED) is 0.434. The summed E-state index contributed by atoms with van der Waals surface area (Å²) >= 11 is 1.79. The minimum absolute atomic E-state index is 0.923. The number of aryl methyl sites for hydroxylation is 1.